The van der Waals surface area contributed by atoms with Gasteiger partial charge in [0.15, 0.2) is 17.4 Å². The van der Waals surface area contributed by atoms with Crippen LogP contribution in [0.3, 0.4) is 0 Å². The number of alkyl halides is 6. The normalized spacial score (nSPS) is 12.1. The largest absolute Gasteiger partial charge is 0.453 e. The average Bonchev–Trinajstić information content (AvgIpc) is 2.65. The van der Waals surface area contributed by atoms with Crippen LogP contribution in [0.25, 0.3) is 0 Å². The third-order valence-electron chi connectivity index (χ3n) is 4.18. The van der Waals surface area contributed by atoms with Gasteiger partial charge in [-0.25, -0.2) is 0 Å². The summed E-state index contributed by atoms with van der Waals surface area (Å²) < 4.78 is 91.6. The molecule has 0 aliphatic rings. The Morgan fingerprint density at radius 3 is 1.52 bits per heavy atom. The van der Waals surface area contributed by atoms with Crippen molar-refractivity contribution in [1.82, 2.24) is 0 Å². The molecule has 0 aliphatic carbocycles. The highest BCUT2D eigenvalue weighted by molar-refractivity contribution is 5.54. The molecule has 3 aromatic rings. The number of halogens is 6. The summed E-state index contributed by atoms with van der Waals surface area (Å²) in [7, 11) is 0. The maximum Gasteiger partial charge on any atom is 0.404 e. The molecule has 0 radical (unpaired) electrons. The van der Waals surface area contributed by atoms with Gasteiger partial charge in [-0.05, 0) is 54.6 Å². The van der Waals surface area contributed by atoms with E-state index in [1.165, 1.54) is 54.6 Å². The van der Waals surface area contributed by atoms with Crippen molar-refractivity contribution in [2.45, 2.75) is 18.3 Å². The van der Waals surface area contributed by atoms with E-state index in [0.29, 0.717) is 17.4 Å². The Labute approximate surface area is 173 Å². The van der Waals surface area contributed by atoms with Crippen molar-refractivity contribution in [3.63, 3.8) is 0 Å². The van der Waals surface area contributed by atoms with E-state index in [9.17, 15) is 26.3 Å². The summed E-state index contributed by atoms with van der Waals surface area (Å²) in [6, 6.07) is 14.1. The molecule has 4 nitrogen and oxygen atoms in total. The highest BCUT2D eigenvalue weighted by Crippen LogP contribution is 2.52. The van der Waals surface area contributed by atoms with Crippen molar-refractivity contribution >= 4 is 11.4 Å². The van der Waals surface area contributed by atoms with Gasteiger partial charge < -0.3 is 20.9 Å². The van der Waals surface area contributed by atoms with Crippen molar-refractivity contribution in [3.05, 3.63) is 72.3 Å². The third kappa shape index (κ3) is 5.33. The molecule has 0 heterocycles. The maximum absolute atomic E-state index is 13.4. The molecule has 0 aliphatic heterocycles. The number of hydrogen-bond acceptors (Lipinski definition) is 4. The van der Waals surface area contributed by atoms with E-state index in [4.69, 9.17) is 20.9 Å². The molecule has 10 heteroatoms. The minimum Gasteiger partial charge on any atom is -0.453 e. The Morgan fingerprint density at radius 2 is 1.06 bits per heavy atom. The van der Waals surface area contributed by atoms with Gasteiger partial charge in [0.1, 0.15) is 11.5 Å². The van der Waals surface area contributed by atoms with Crippen molar-refractivity contribution in [2.24, 2.45) is 0 Å². The number of rotatable bonds is 5. The minimum absolute atomic E-state index is 0.0214. The van der Waals surface area contributed by atoms with Crippen LogP contribution in [-0.4, -0.2) is 12.4 Å². The molecular formula is C21H16F6N2O2. The fourth-order valence-electron chi connectivity index (χ4n) is 2.80. The number of anilines is 2. The van der Waals surface area contributed by atoms with Crippen LogP contribution in [0.5, 0.6) is 23.0 Å². The second kappa shape index (κ2) is 8.29. The van der Waals surface area contributed by atoms with E-state index in [0.717, 1.165) is 6.07 Å². The van der Waals surface area contributed by atoms with Gasteiger partial charge in [-0.15, -0.1) is 0 Å². The van der Waals surface area contributed by atoms with Gasteiger partial charge in [-0.2, -0.15) is 26.3 Å². The van der Waals surface area contributed by atoms with Crippen molar-refractivity contribution in [3.8, 4) is 23.0 Å². The quantitative estimate of drug-likeness (QED) is 0.343. The van der Waals surface area contributed by atoms with Gasteiger partial charge in [0, 0.05) is 16.9 Å². The zero-order chi connectivity index (χ0) is 22.8. The van der Waals surface area contributed by atoms with E-state index in [-0.39, 0.29) is 17.2 Å². The van der Waals surface area contributed by atoms with E-state index in [2.05, 4.69) is 0 Å². The summed E-state index contributed by atoms with van der Waals surface area (Å²) in [4.78, 5) is 0. The lowest BCUT2D eigenvalue weighted by Gasteiger charge is -2.26. The predicted octanol–water partition coefficient (Wildman–Crippen LogP) is 6.64. The first kappa shape index (κ1) is 22.1. The van der Waals surface area contributed by atoms with Crippen LogP contribution < -0.4 is 20.9 Å². The average molecular weight is 442 g/mol. The smallest absolute Gasteiger partial charge is 0.404 e. The fraction of sp³-hybridized carbons (Fsp3) is 0.143. The molecule has 3 aromatic carbocycles. The van der Waals surface area contributed by atoms with Crippen LogP contribution in [-0.2, 0) is 0 Å². The number of nitrogen functional groups attached to an aromatic ring is 2. The first-order chi connectivity index (χ1) is 14.4. The van der Waals surface area contributed by atoms with Crippen LogP contribution in [0.4, 0.5) is 37.7 Å². The Hall–Kier alpha value is -3.56. The van der Waals surface area contributed by atoms with Crippen LogP contribution in [0.1, 0.15) is 11.5 Å². The molecule has 0 unspecified atom stereocenters. The summed E-state index contributed by atoms with van der Waals surface area (Å²) in [5.74, 6) is -4.71. The molecule has 4 N–H and O–H groups in total. The van der Waals surface area contributed by atoms with Gasteiger partial charge in [0.25, 0.3) is 0 Å². The third-order valence-corrected chi connectivity index (χ3v) is 4.18. The Balaban J connectivity index is 2.15. The molecule has 0 aromatic heterocycles. The number of para-hydroxylation sites is 1. The first-order valence-electron chi connectivity index (χ1n) is 8.78. The molecule has 31 heavy (non-hydrogen) atoms. The SMILES string of the molecule is Nc1ccc(Oc2cccc(C(C(F)(F)F)C(F)(F)F)c2Oc2ccc(N)cc2)cc1. The van der Waals surface area contributed by atoms with E-state index in [1.807, 2.05) is 0 Å². The number of ether oxygens (including phenoxy) is 2. The highest BCUT2D eigenvalue weighted by Gasteiger charge is 2.58. The van der Waals surface area contributed by atoms with E-state index in [1.54, 1.807) is 0 Å². The van der Waals surface area contributed by atoms with Crippen LogP contribution in [0.15, 0.2) is 66.7 Å². The molecule has 164 valence electrons. The Morgan fingerprint density at radius 1 is 0.613 bits per heavy atom. The number of nitrogens with two attached hydrogens (primary N) is 2. The molecule has 0 atom stereocenters. The standard InChI is InChI=1S/C21H16F6N2O2/c22-20(23,24)19(21(25,26)27)16-2-1-3-17(30-14-8-4-12(28)5-9-14)18(16)31-15-10-6-13(29)7-11-15/h1-11,19H,28-29H2. The highest BCUT2D eigenvalue weighted by atomic mass is 19.4. The predicted molar refractivity (Wildman–Crippen MR) is 103 cm³/mol. The fourth-order valence-corrected chi connectivity index (χ4v) is 2.80. The van der Waals surface area contributed by atoms with Gasteiger partial charge in [-0.1, -0.05) is 12.1 Å². The minimum atomic E-state index is -5.61. The molecular weight excluding hydrogens is 426 g/mol. The molecule has 0 fully saturated rings. The van der Waals surface area contributed by atoms with Gasteiger partial charge >= 0.3 is 12.4 Å². The number of benzene rings is 3. The maximum atomic E-state index is 13.4. The monoisotopic (exact) mass is 442 g/mol. The molecule has 0 amide bonds. The van der Waals surface area contributed by atoms with Crippen molar-refractivity contribution in [2.75, 3.05) is 11.5 Å². The Bertz CT molecular complexity index is 1020. The van der Waals surface area contributed by atoms with Crippen molar-refractivity contribution in [1.29, 1.82) is 0 Å². The summed E-state index contributed by atoms with van der Waals surface area (Å²) >= 11 is 0. The summed E-state index contributed by atoms with van der Waals surface area (Å²) in [6.45, 7) is 0. The topological polar surface area (TPSA) is 70.5 Å². The van der Waals surface area contributed by atoms with Crippen LogP contribution in [0, 0.1) is 0 Å². The van der Waals surface area contributed by atoms with E-state index >= 15 is 0 Å². The summed E-state index contributed by atoms with van der Waals surface area (Å²) in [5.41, 5.74) is 10.8. The number of hydrogen-bond donors (Lipinski definition) is 2. The summed E-state index contributed by atoms with van der Waals surface area (Å²) in [5, 5.41) is 0. The molecule has 3 rings (SSSR count). The lowest BCUT2D eigenvalue weighted by molar-refractivity contribution is -0.253. The molecule has 0 bridgehead atoms. The Kier molecular flexibility index (Phi) is 5.92. The zero-order valence-corrected chi connectivity index (χ0v) is 15.7. The van der Waals surface area contributed by atoms with Gasteiger partial charge in [0.2, 0.25) is 0 Å². The van der Waals surface area contributed by atoms with Gasteiger partial charge in [0.05, 0.1) is 0 Å². The first-order valence-corrected chi connectivity index (χ1v) is 8.78. The summed E-state index contributed by atoms with van der Waals surface area (Å²) in [6.07, 6.45) is -11.2. The lowest BCUT2D eigenvalue weighted by atomic mass is 9.96. The second-order valence-corrected chi connectivity index (χ2v) is 6.53. The van der Waals surface area contributed by atoms with Crippen LogP contribution >= 0.6 is 0 Å². The van der Waals surface area contributed by atoms with Crippen molar-refractivity contribution < 1.29 is 35.8 Å². The van der Waals surface area contributed by atoms with Gasteiger partial charge in [-0.3, -0.25) is 0 Å². The van der Waals surface area contributed by atoms with E-state index < -0.39 is 29.6 Å². The zero-order valence-electron chi connectivity index (χ0n) is 15.7. The lowest BCUT2D eigenvalue weighted by Crippen LogP contribution is -2.34. The molecule has 0 spiro atoms. The molecule has 0 saturated heterocycles. The molecule has 0 saturated carbocycles. The van der Waals surface area contributed by atoms with Crippen LogP contribution in [0.2, 0.25) is 0 Å². The second-order valence-electron chi connectivity index (χ2n) is 6.53.